The molecule has 17 heavy (non-hydrogen) atoms. The number of nitrogens with one attached hydrogen (secondary N) is 1. The highest BCUT2D eigenvalue weighted by molar-refractivity contribution is 6.33. The Balaban J connectivity index is 2.08. The lowest BCUT2D eigenvalue weighted by Gasteiger charge is -2.31. The molecule has 0 spiro atoms. The third-order valence-corrected chi connectivity index (χ3v) is 3.36. The Morgan fingerprint density at radius 2 is 2.18 bits per heavy atom. The van der Waals surface area contributed by atoms with Crippen LogP contribution in [0.5, 0.6) is 0 Å². The summed E-state index contributed by atoms with van der Waals surface area (Å²) in [7, 11) is 0. The zero-order valence-corrected chi connectivity index (χ0v) is 10.2. The number of benzene rings is 1. The number of halogens is 2. The molecule has 0 aliphatic heterocycles. The van der Waals surface area contributed by atoms with Crippen LogP contribution in [-0.4, -0.2) is 11.9 Å². The van der Waals surface area contributed by atoms with Gasteiger partial charge in [0.25, 0.3) is 0 Å². The van der Waals surface area contributed by atoms with Crippen LogP contribution in [0, 0.1) is 18.7 Å². The van der Waals surface area contributed by atoms with Gasteiger partial charge in [0.15, 0.2) is 0 Å². The lowest BCUT2D eigenvalue weighted by molar-refractivity contribution is -0.122. The van der Waals surface area contributed by atoms with Crippen molar-refractivity contribution < 1.29 is 9.18 Å². The van der Waals surface area contributed by atoms with Gasteiger partial charge in [-0.15, -0.1) is 0 Å². The predicted octanol–water partition coefficient (Wildman–Crippen LogP) is 2.46. The molecule has 0 unspecified atom stereocenters. The van der Waals surface area contributed by atoms with E-state index in [0.29, 0.717) is 29.1 Å². The summed E-state index contributed by atoms with van der Waals surface area (Å²) in [6.07, 6.45) is 1.36. The molecule has 0 heterocycles. The highest BCUT2D eigenvalue weighted by Crippen LogP contribution is 2.30. The minimum atomic E-state index is -0.380. The molecule has 1 saturated carbocycles. The molecule has 0 radical (unpaired) electrons. The van der Waals surface area contributed by atoms with E-state index in [4.69, 9.17) is 17.3 Å². The molecule has 2 rings (SSSR count). The van der Waals surface area contributed by atoms with Crippen LogP contribution < -0.4 is 11.1 Å². The normalized spacial score (nSPS) is 23.1. The van der Waals surface area contributed by atoms with Crippen LogP contribution in [0.2, 0.25) is 5.02 Å². The second-order valence-electron chi connectivity index (χ2n) is 4.50. The van der Waals surface area contributed by atoms with Crippen LogP contribution in [0.15, 0.2) is 12.1 Å². The van der Waals surface area contributed by atoms with Crippen molar-refractivity contribution in [2.45, 2.75) is 25.8 Å². The fourth-order valence-electron chi connectivity index (χ4n) is 1.85. The molecule has 1 aliphatic carbocycles. The van der Waals surface area contributed by atoms with E-state index in [1.54, 1.807) is 6.92 Å². The Labute approximate surface area is 104 Å². The van der Waals surface area contributed by atoms with Crippen molar-refractivity contribution in [2.75, 3.05) is 5.32 Å². The van der Waals surface area contributed by atoms with Gasteiger partial charge in [-0.2, -0.15) is 0 Å². The first kappa shape index (κ1) is 12.3. The molecule has 1 aromatic rings. The Morgan fingerprint density at radius 3 is 2.76 bits per heavy atom. The van der Waals surface area contributed by atoms with Crippen molar-refractivity contribution in [3.63, 3.8) is 0 Å². The second kappa shape index (κ2) is 4.63. The van der Waals surface area contributed by atoms with Crippen molar-refractivity contribution in [1.82, 2.24) is 0 Å². The number of nitrogens with two attached hydrogens (primary N) is 1. The van der Waals surface area contributed by atoms with Gasteiger partial charge in [-0.05, 0) is 37.5 Å². The van der Waals surface area contributed by atoms with E-state index in [2.05, 4.69) is 5.32 Å². The molecule has 3 nitrogen and oxygen atoms in total. The van der Waals surface area contributed by atoms with E-state index < -0.39 is 0 Å². The van der Waals surface area contributed by atoms with Crippen molar-refractivity contribution in [1.29, 1.82) is 0 Å². The molecule has 0 saturated heterocycles. The third-order valence-electron chi connectivity index (χ3n) is 3.05. The van der Waals surface area contributed by atoms with E-state index in [1.807, 2.05) is 0 Å². The van der Waals surface area contributed by atoms with Gasteiger partial charge >= 0.3 is 0 Å². The van der Waals surface area contributed by atoms with Gasteiger partial charge in [-0.25, -0.2) is 4.39 Å². The van der Waals surface area contributed by atoms with Crippen molar-refractivity contribution in [2.24, 2.45) is 11.7 Å². The van der Waals surface area contributed by atoms with Crippen molar-refractivity contribution in [3.8, 4) is 0 Å². The predicted molar refractivity (Wildman–Crippen MR) is 65.5 cm³/mol. The summed E-state index contributed by atoms with van der Waals surface area (Å²) in [6, 6.07) is 2.85. The average Bonchev–Trinajstić information content (AvgIpc) is 2.21. The summed E-state index contributed by atoms with van der Waals surface area (Å²) in [6.45, 7) is 1.62. The number of aryl methyl sites for hydroxylation is 1. The lowest BCUT2D eigenvalue weighted by atomic mass is 9.80. The summed E-state index contributed by atoms with van der Waals surface area (Å²) in [5.74, 6) is -0.600. The first-order valence-electron chi connectivity index (χ1n) is 5.49. The van der Waals surface area contributed by atoms with Crippen LogP contribution in [-0.2, 0) is 4.79 Å². The monoisotopic (exact) mass is 256 g/mol. The highest BCUT2D eigenvalue weighted by atomic mass is 35.5. The number of hydrogen-bond donors (Lipinski definition) is 2. The van der Waals surface area contributed by atoms with Crippen LogP contribution >= 0.6 is 11.6 Å². The fourth-order valence-corrected chi connectivity index (χ4v) is 2.12. The second-order valence-corrected chi connectivity index (χ2v) is 4.91. The molecule has 1 aliphatic rings. The largest absolute Gasteiger partial charge is 0.328 e. The molecule has 1 fully saturated rings. The molecule has 0 atom stereocenters. The molecule has 3 N–H and O–H groups in total. The maximum absolute atomic E-state index is 13.3. The summed E-state index contributed by atoms with van der Waals surface area (Å²) in [5.41, 5.74) is 6.38. The third kappa shape index (κ3) is 2.58. The zero-order chi connectivity index (χ0) is 12.6. The first-order valence-corrected chi connectivity index (χ1v) is 5.87. The molecule has 0 aromatic heterocycles. The number of amides is 1. The summed E-state index contributed by atoms with van der Waals surface area (Å²) >= 11 is 5.93. The zero-order valence-electron chi connectivity index (χ0n) is 9.47. The molecular weight excluding hydrogens is 243 g/mol. The fraction of sp³-hybridized carbons (Fsp3) is 0.417. The van der Waals surface area contributed by atoms with Gasteiger partial charge in [-0.3, -0.25) is 4.79 Å². The summed E-state index contributed by atoms with van der Waals surface area (Å²) < 4.78 is 13.3. The molecule has 0 bridgehead atoms. The van der Waals surface area contributed by atoms with E-state index in [1.165, 1.54) is 12.1 Å². The molecule has 92 valence electrons. The molecule has 1 aromatic carbocycles. The lowest BCUT2D eigenvalue weighted by Crippen LogP contribution is -2.42. The number of rotatable bonds is 2. The molecular formula is C12H14ClFN2O. The maximum atomic E-state index is 13.3. The number of carbonyl (C=O) groups is 1. The SMILES string of the molecule is Cc1cc(Cl)c(NC(=O)C2CC(N)C2)cc1F. The standard InChI is InChI=1S/C12H14ClFN2O/c1-6-2-9(13)11(5-10(6)14)16-12(17)7-3-8(15)4-7/h2,5,7-8H,3-4,15H2,1H3,(H,16,17). The summed E-state index contributed by atoms with van der Waals surface area (Å²) in [5, 5.41) is 2.98. The Morgan fingerprint density at radius 1 is 1.53 bits per heavy atom. The van der Waals surface area contributed by atoms with Crippen molar-refractivity contribution >= 4 is 23.2 Å². The van der Waals surface area contributed by atoms with E-state index >= 15 is 0 Å². The Kier molecular flexibility index (Phi) is 3.35. The van der Waals surface area contributed by atoms with Crippen molar-refractivity contribution in [3.05, 3.63) is 28.5 Å². The van der Waals surface area contributed by atoms with Gasteiger partial charge in [0.05, 0.1) is 10.7 Å². The smallest absolute Gasteiger partial charge is 0.227 e. The molecule has 1 amide bonds. The molecule has 5 heteroatoms. The van der Waals surface area contributed by atoms with Crippen LogP contribution in [0.4, 0.5) is 10.1 Å². The van der Waals surface area contributed by atoms with Gasteiger partial charge < -0.3 is 11.1 Å². The minimum Gasteiger partial charge on any atom is -0.328 e. The van der Waals surface area contributed by atoms with E-state index in [-0.39, 0.29) is 23.7 Å². The summed E-state index contributed by atoms with van der Waals surface area (Å²) in [4.78, 5) is 11.7. The van der Waals surface area contributed by atoms with Crippen LogP contribution in [0.25, 0.3) is 0 Å². The van der Waals surface area contributed by atoms with Gasteiger partial charge in [-0.1, -0.05) is 11.6 Å². The van der Waals surface area contributed by atoms with Crippen LogP contribution in [0.1, 0.15) is 18.4 Å². The highest BCUT2D eigenvalue weighted by Gasteiger charge is 2.32. The van der Waals surface area contributed by atoms with E-state index in [9.17, 15) is 9.18 Å². The Bertz CT molecular complexity index is 458. The Hall–Kier alpha value is -1.13. The quantitative estimate of drug-likeness (QED) is 0.854. The topological polar surface area (TPSA) is 55.1 Å². The van der Waals surface area contributed by atoms with E-state index in [0.717, 1.165) is 0 Å². The van der Waals surface area contributed by atoms with Gasteiger partial charge in [0, 0.05) is 12.0 Å². The van der Waals surface area contributed by atoms with Gasteiger partial charge in [0.2, 0.25) is 5.91 Å². The number of hydrogen-bond acceptors (Lipinski definition) is 2. The van der Waals surface area contributed by atoms with Crippen LogP contribution in [0.3, 0.4) is 0 Å². The number of carbonyl (C=O) groups excluding carboxylic acids is 1. The average molecular weight is 257 g/mol. The first-order chi connectivity index (χ1) is 7.97. The van der Waals surface area contributed by atoms with Gasteiger partial charge in [0.1, 0.15) is 5.82 Å². The maximum Gasteiger partial charge on any atom is 0.227 e. The minimum absolute atomic E-state index is 0.0783. The number of anilines is 1.